The maximum absolute atomic E-state index is 12.5. The van der Waals surface area contributed by atoms with Gasteiger partial charge in [0.05, 0.1) is 37.3 Å². The largest absolute Gasteiger partial charge is 0.445 e. The molecule has 2 fully saturated rings. The SMILES string of the molecule is C=CCOC(=O)N1C[C@@H](S)C[C@H]1CNC(=O)c1ccc(C(=O)NCc2ccc(Cl)c(Cl)c2)cn1.O=C(NCc1ccc(Cl)c(Cl)c1)c1ccc(C(=O)NC[C@@H]2C[C@H](S)CN2)nc1. The molecule has 20 heteroatoms. The molecule has 4 atom stereocenters. The fraction of sp³-hybridized carbons (Fsp3) is 0.310. The van der Waals surface area contributed by atoms with Gasteiger partial charge in [0.2, 0.25) is 0 Å². The zero-order valence-electron chi connectivity index (χ0n) is 33.1. The summed E-state index contributed by atoms with van der Waals surface area (Å²) in [6.45, 7) is 6.23. The third-order valence-corrected chi connectivity index (χ3v) is 11.8. The summed E-state index contributed by atoms with van der Waals surface area (Å²) in [5.74, 6) is -1.32. The molecule has 14 nitrogen and oxygen atoms in total. The maximum atomic E-state index is 12.5. The van der Waals surface area contributed by atoms with E-state index in [-0.39, 0.29) is 66.1 Å². The molecule has 62 heavy (non-hydrogen) atoms. The third-order valence-electron chi connectivity index (χ3n) is 9.55. The van der Waals surface area contributed by atoms with E-state index in [9.17, 15) is 24.0 Å². The van der Waals surface area contributed by atoms with E-state index in [1.54, 1.807) is 47.4 Å². The lowest BCUT2D eigenvalue weighted by atomic mass is 10.2. The van der Waals surface area contributed by atoms with Crippen LogP contribution in [0, 0.1) is 0 Å². The first-order chi connectivity index (χ1) is 29.7. The van der Waals surface area contributed by atoms with Crippen LogP contribution in [0.3, 0.4) is 0 Å². The van der Waals surface area contributed by atoms with Gasteiger partial charge >= 0.3 is 6.09 Å². The summed E-state index contributed by atoms with van der Waals surface area (Å²) in [4.78, 5) is 71.3. The van der Waals surface area contributed by atoms with E-state index in [4.69, 9.17) is 51.1 Å². The minimum absolute atomic E-state index is 0.00185. The fourth-order valence-electron chi connectivity index (χ4n) is 6.28. The van der Waals surface area contributed by atoms with E-state index in [0.717, 1.165) is 24.1 Å². The first-order valence-electron chi connectivity index (χ1n) is 19.3. The number of carbonyl (C=O) groups is 5. The minimum Gasteiger partial charge on any atom is -0.445 e. The van der Waals surface area contributed by atoms with Crippen molar-refractivity contribution in [2.75, 3.05) is 32.8 Å². The molecule has 4 heterocycles. The number of amides is 5. The van der Waals surface area contributed by atoms with Crippen LogP contribution in [0.2, 0.25) is 20.1 Å². The highest BCUT2D eigenvalue weighted by Gasteiger charge is 2.35. The van der Waals surface area contributed by atoms with E-state index in [1.807, 2.05) is 0 Å². The van der Waals surface area contributed by atoms with Gasteiger partial charge in [-0.25, -0.2) is 4.79 Å². The van der Waals surface area contributed by atoms with Crippen molar-refractivity contribution in [2.45, 2.75) is 48.5 Å². The predicted molar refractivity (Wildman–Crippen MR) is 247 cm³/mol. The van der Waals surface area contributed by atoms with Crippen molar-refractivity contribution in [1.82, 2.24) is 41.5 Å². The lowest BCUT2D eigenvalue weighted by molar-refractivity contribution is 0.0906. The average Bonchev–Trinajstić information content (AvgIpc) is 3.88. The summed E-state index contributed by atoms with van der Waals surface area (Å²) < 4.78 is 5.10. The number of aromatic nitrogens is 2. The number of likely N-dealkylation sites (tertiary alicyclic amines) is 1. The lowest BCUT2D eigenvalue weighted by Crippen LogP contribution is -2.43. The molecule has 0 bridgehead atoms. The van der Waals surface area contributed by atoms with Gasteiger partial charge in [-0.15, -0.1) is 0 Å². The van der Waals surface area contributed by atoms with Crippen LogP contribution in [-0.2, 0) is 17.8 Å². The van der Waals surface area contributed by atoms with Crippen molar-refractivity contribution in [3.8, 4) is 0 Å². The van der Waals surface area contributed by atoms with Gasteiger partial charge in [0, 0.05) is 68.2 Å². The monoisotopic (exact) mass is 960 g/mol. The number of hydrogen-bond acceptors (Lipinski definition) is 11. The number of pyridine rings is 2. The molecule has 2 aliphatic heterocycles. The fourth-order valence-corrected chi connectivity index (χ4v) is 7.70. The first kappa shape index (κ1) is 48.5. The van der Waals surface area contributed by atoms with Crippen molar-refractivity contribution in [3.05, 3.63) is 139 Å². The van der Waals surface area contributed by atoms with Gasteiger partial charge in [0.15, 0.2) is 0 Å². The summed E-state index contributed by atoms with van der Waals surface area (Å²) in [6, 6.07) is 16.3. The van der Waals surface area contributed by atoms with Gasteiger partial charge in [0.25, 0.3) is 23.6 Å². The molecule has 0 saturated carbocycles. The van der Waals surface area contributed by atoms with Gasteiger partial charge in [-0.2, -0.15) is 25.3 Å². The third kappa shape index (κ3) is 14.5. The van der Waals surface area contributed by atoms with Gasteiger partial charge in [-0.05, 0) is 72.5 Å². The number of nitrogens with zero attached hydrogens (tertiary/aromatic N) is 3. The lowest BCUT2D eigenvalue weighted by Gasteiger charge is -2.23. The Balaban J connectivity index is 0.000000238. The number of benzene rings is 2. The molecule has 0 radical (unpaired) electrons. The average molecular weight is 963 g/mol. The normalized spacial score (nSPS) is 17.9. The number of ether oxygens (including phenoxy) is 1. The number of hydrogen-bond donors (Lipinski definition) is 7. The molecule has 0 aliphatic carbocycles. The zero-order chi connectivity index (χ0) is 44.8. The first-order valence-corrected chi connectivity index (χ1v) is 21.8. The molecule has 2 aliphatic rings. The summed E-state index contributed by atoms with van der Waals surface area (Å²) in [5.41, 5.74) is 2.72. The Morgan fingerprint density at radius 1 is 0.710 bits per heavy atom. The van der Waals surface area contributed by atoms with Crippen LogP contribution in [-0.4, -0.2) is 100.0 Å². The molecule has 328 valence electrons. The van der Waals surface area contributed by atoms with Crippen LogP contribution in [0.1, 0.15) is 65.7 Å². The van der Waals surface area contributed by atoms with E-state index in [2.05, 4.69) is 68.4 Å². The molecule has 6 rings (SSSR count). The molecule has 4 aromatic rings. The van der Waals surface area contributed by atoms with Crippen LogP contribution in [0.25, 0.3) is 0 Å². The highest BCUT2D eigenvalue weighted by atomic mass is 35.5. The Hall–Kier alpha value is -4.55. The smallest absolute Gasteiger partial charge is 0.410 e. The van der Waals surface area contributed by atoms with E-state index in [1.165, 1.54) is 36.7 Å². The van der Waals surface area contributed by atoms with Crippen LogP contribution in [0.15, 0.2) is 85.7 Å². The predicted octanol–water partition coefficient (Wildman–Crippen LogP) is 6.45. The Morgan fingerprint density at radius 3 is 1.69 bits per heavy atom. The van der Waals surface area contributed by atoms with Crippen molar-refractivity contribution in [2.24, 2.45) is 0 Å². The Labute approximate surface area is 390 Å². The molecular weight excluding hydrogens is 918 g/mol. The summed E-state index contributed by atoms with van der Waals surface area (Å²) in [6.07, 6.45) is 5.28. The maximum Gasteiger partial charge on any atom is 0.410 e. The number of rotatable bonds is 14. The summed E-state index contributed by atoms with van der Waals surface area (Å²) >= 11 is 32.6. The van der Waals surface area contributed by atoms with E-state index in [0.29, 0.717) is 62.5 Å². The molecule has 0 unspecified atom stereocenters. The number of halogens is 4. The molecule has 2 saturated heterocycles. The van der Waals surface area contributed by atoms with Crippen molar-refractivity contribution >= 4 is 101 Å². The highest BCUT2D eigenvalue weighted by molar-refractivity contribution is 7.81. The zero-order valence-corrected chi connectivity index (χ0v) is 37.9. The second kappa shape index (κ2) is 23.8. The van der Waals surface area contributed by atoms with Gasteiger partial charge in [0.1, 0.15) is 18.0 Å². The van der Waals surface area contributed by atoms with Crippen molar-refractivity contribution < 1.29 is 28.7 Å². The molecular formula is C42H44Cl4N8O6S2. The second-order valence-corrected chi connectivity index (χ2v) is 17.3. The van der Waals surface area contributed by atoms with Crippen molar-refractivity contribution in [3.63, 3.8) is 0 Å². The van der Waals surface area contributed by atoms with Crippen LogP contribution >= 0.6 is 71.7 Å². The topological polar surface area (TPSA) is 184 Å². The van der Waals surface area contributed by atoms with Crippen molar-refractivity contribution in [1.29, 1.82) is 0 Å². The number of thiol groups is 2. The van der Waals surface area contributed by atoms with Gasteiger partial charge in [-0.3, -0.25) is 29.1 Å². The van der Waals surface area contributed by atoms with Crippen LogP contribution < -0.4 is 26.6 Å². The van der Waals surface area contributed by atoms with Gasteiger partial charge < -0.3 is 36.2 Å². The van der Waals surface area contributed by atoms with Crippen LogP contribution in [0.4, 0.5) is 4.79 Å². The number of nitrogens with one attached hydrogen (secondary N) is 5. The Morgan fingerprint density at radius 2 is 1.24 bits per heavy atom. The second-order valence-electron chi connectivity index (χ2n) is 14.2. The minimum atomic E-state index is -0.468. The Bertz CT molecular complexity index is 2240. The molecule has 2 aromatic heterocycles. The summed E-state index contributed by atoms with van der Waals surface area (Å²) in [5, 5.41) is 16.5. The molecule has 5 amide bonds. The van der Waals surface area contributed by atoms with E-state index < -0.39 is 12.0 Å². The van der Waals surface area contributed by atoms with E-state index >= 15 is 0 Å². The van der Waals surface area contributed by atoms with Gasteiger partial charge in [-0.1, -0.05) is 71.2 Å². The summed E-state index contributed by atoms with van der Waals surface area (Å²) in [7, 11) is 0. The molecule has 2 aromatic carbocycles. The highest BCUT2D eigenvalue weighted by Crippen LogP contribution is 2.24. The standard InChI is InChI=1S/C23H24Cl2N4O4S.C19H20Cl2N4O2S/c1-2-7-33-23(32)29-13-17(34)9-16(29)12-28-22(31)20-6-4-15(11-26-20)21(30)27-10-14-3-5-18(24)19(25)8-14;20-15-3-1-11(5-16(15)21)7-24-18(26)12-2-4-17(23-8-12)19(27)25-9-13-6-14(28)10-22-13/h2-6,8,11,16-17,34H,1,7,9-10,12-13H2,(H,27,30)(H,28,31);1-5,8,13-14,22,28H,6-7,9-10H2,(H,24,26)(H,25,27)/t16-,17-;13-,14-/m00/s1. The molecule has 0 spiro atoms. The molecule has 5 N–H and O–H groups in total. The Kier molecular flexibility index (Phi) is 18.6. The number of carbonyl (C=O) groups excluding carboxylic acids is 5. The quantitative estimate of drug-likeness (QED) is 0.0552. The van der Waals surface area contributed by atoms with Crippen LogP contribution in [0.5, 0.6) is 0 Å².